The Kier molecular flexibility index (Phi) is 4.32. The molecule has 0 radical (unpaired) electrons. The molecular weight excluding hydrogens is 338 g/mol. The second-order valence-electron chi connectivity index (χ2n) is 4.98. The third-order valence-electron chi connectivity index (χ3n) is 3.20. The average Bonchev–Trinajstić information content (AvgIpc) is 2.71. The van der Waals surface area contributed by atoms with Crippen LogP contribution in [-0.4, -0.2) is 44.9 Å². The average molecular weight is 354 g/mol. The van der Waals surface area contributed by atoms with Gasteiger partial charge in [0.1, 0.15) is 5.69 Å². The van der Waals surface area contributed by atoms with E-state index < -0.39 is 5.97 Å². The molecule has 6 nitrogen and oxygen atoms in total. The molecule has 2 aromatic heterocycles. The fraction of sp³-hybridized carbons (Fsp3) is 0.357. The van der Waals surface area contributed by atoms with E-state index in [-0.39, 0.29) is 18.9 Å². The van der Waals surface area contributed by atoms with Crippen LogP contribution in [0, 0.1) is 13.8 Å². The lowest BCUT2D eigenvalue weighted by molar-refractivity contribution is -0.137. The van der Waals surface area contributed by atoms with Gasteiger partial charge >= 0.3 is 5.97 Å². The van der Waals surface area contributed by atoms with Crippen molar-refractivity contribution in [3.05, 3.63) is 33.7 Å². The summed E-state index contributed by atoms with van der Waals surface area (Å²) in [5.74, 6) is -1.16. The Balaban J connectivity index is 2.43. The number of nitrogens with zero attached hydrogens (tertiary/aromatic N) is 3. The third kappa shape index (κ3) is 3.07. The van der Waals surface area contributed by atoms with Crippen LogP contribution in [0.3, 0.4) is 0 Å². The molecule has 0 fully saturated rings. The summed E-state index contributed by atoms with van der Waals surface area (Å²) in [4.78, 5) is 29.0. The summed E-state index contributed by atoms with van der Waals surface area (Å²) in [6, 6.07) is 1.93. The van der Waals surface area contributed by atoms with Crippen LogP contribution >= 0.6 is 15.9 Å². The van der Waals surface area contributed by atoms with Crippen molar-refractivity contribution < 1.29 is 14.7 Å². The number of rotatable bonds is 4. The predicted molar refractivity (Wildman–Crippen MR) is 81.6 cm³/mol. The summed E-state index contributed by atoms with van der Waals surface area (Å²) in [7, 11) is 1.59. The van der Waals surface area contributed by atoms with E-state index in [0.717, 1.165) is 10.0 Å². The van der Waals surface area contributed by atoms with E-state index in [2.05, 4.69) is 20.9 Å². The first-order chi connectivity index (χ1) is 9.81. The van der Waals surface area contributed by atoms with Crippen molar-refractivity contribution in [3.63, 3.8) is 0 Å². The Morgan fingerprint density at radius 3 is 2.71 bits per heavy atom. The Hall–Kier alpha value is -1.89. The van der Waals surface area contributed by atoms with Gasteiger partial charge in [0.15, 0.2) is 5.65 Å². The lowest BCUT2D eigenvalue weighted by Crippen LogP contribution is -2.30. The van der Waals surface area contributed by atoms with Gasteiger partial charge in [-0.25, -0.2) is 4.98 Å². The van der Waals surface area contributed by atoms with E-state index in [1.807, 2.05) is 19.2 Å². The van der Waals surface area contributed by atoms with E-state index >= 15 is 0 Å². The number of halogens is 1. The first kappa shape index (κ1) is 15.5. The van der Waals surface area contributed by atoms with Crippen molar-refractivity contribution in [3.8, 4) is 0 Å². The quantitative estimate of drug-likeness (QED) is 0.914. The molecule has 0 aromatic carbocycles. The summed E-state index contributed by atoms with van der Waals surface area (Å²) < 4.78 is 2.56. The van der Waals surface area contributed by atoms with Gasteiger partial charge in [-0.05, 0) is 41.4 Å². The summed E-state index contributed by atoms with van der Waals surface area (Å²) in [6.45, 7) is 3.86. The van der Waals surface area contributed by atoms with Crippen molar-refractivity contribution in [2.45, 2.75) is 20.3 Å². The molecular formula is C14H16BrN3O3. The zero-order chi connectivity index (χ0) is 15.7. The van der Waals surface area contributed by atoms with Crippen LogP contribution in [0.15, 0.2) is 16.7 Å². The zero-order valence-corrected chi connectivity index (χ0v) is 13.6. The number of aliphatic carboxylic acids is 1. The van der Waals surface area contributed by atoms with Crippen LogP contribution in [0.2, 0.25) is 0 Å². The maximum absolute atomic E-state index is 12.5. The predicted octanol–water partition coefficient (Wildman–Crippen LogP) is 2.26. The molecule has 2 aromatic rings. The number of hydrogen-bond donors (Lipinski definition) is 1. The third-order valence-corrected chi connectivity index (χ3v) is 3.78. The molecule has 0 saturated heterocycles. The highest BCUT2D eigenvalue weighted by Gasteiger charge is 2.21. The summed E-state index contributed by atoms with van der Waals surface area (Å²) in [6.07, 6.45) is 1.76. The van der Waals surface area contributed by atoms with Crippen LogP contribution in [0.5, 0.6) is 0 Å². The number of carboxylic acids is 1. The SMILES string of the molecule is Cc1cc(Br)c2nc(C)c(C(=O)N(C)CCC(=O)O)n2c1. The minimum atomic E-state index is -0.928. The highest BCUT2D eigenvalue weighted by atomic mass is 79.9. The monoisotopic (exact) mass is 353 g/mol. The molecule has 1 amide bonds. The molecule has 0 aliphatic rings. The molecule has 1 N–H and O–H groups in total. The van der Waals surface area contributed by atoms with Gasteiger partial charge in [0, 0.05) is 19.8 Å². The van der Waals surface area contributed by atoms with Gasteiger partial charge in [-0.15, -0.1) is 0 Å². The van der Waals surface area contributed by atoms with E-state index in [1.54, 1.807) is 18.4 Å². The second-order valence-corrected chi connectivity index (χ2v) is 5.83. The maximum atomic E-state index is 12.5. The van der Waals surface area contributed by atoms with E-state index in [9.17, 15) is 9.59 Å². The molecule has 112 valence electrons. The van der Waals surface area contributed by atoms with Crippen molar-refractivity contribution in [1.29, 1.82) is 0 Å². The molecule has 2 heterocycles. The van der Waals surface area contributed by atoms with Crippen LogP contribution in [0.25, 0.3) is 5.65 Å². The minimum absolute atomic E-state index is 0.0826. The van der Waals surface area contributed by atoms with Gasteiger partial charge in [0.05, 0.1) is 16.6 Å². The lowest BCUT2D eigenvalue weighted by Gasteiger charge is -2.16. The number of carbonyl (C=O) groups is 2. The van der Waals surface area contributed by atoms with Crippen molar-refractivity contribution >= 4 is 33.5 Å². The molecule has 0 atom stereocenters. The Morgan fingerprint density at radius 2 is 2.10 bits per heavy atom. The molecule has 21 heavy (non-hydrogen) atoms. The second kappa shape index (κ2) is 5.85. The van der Waals surface area contributed by atoms with Crippen LogP contribution in [0.4, 0.5) is 0 Å². The van der Waals surface area contributed by atoms with Gasteiger partial charge in [-0.2, -0.15) is 0 Å². The number of carbonyl (C=O) groups excluding carboxylic acids is 1. The zero-order valence-electron chi connectivity index (χ0n) is 12.1. The number of hydrogen-bond acceptors (Lipinski definition) is 3. The van der Waals surface area contributed by atoms with Gasteiger partial charge in [-0.3, -0.25) is 14.0 Å². The summed E-state index contributed by atoms with van der Waals surface area (Å²) >= 11 is 3.45. The first-order valence-electron chi connectivity index (χ1n) is 6.43. The molecule has 7 heteroatoms. The number of fused-ring (bicyclic) bond motifs is 1. The van der Waals surface area contributed by atoms with Crippen molar-refractivity contribution in [2.24, 2.45) is 0 Å². The topological polar surface area (TPSA) is 74.9 Å². The number of carboxylic acid groups (broad SMARTS) is 1. The van der Waals surface area contributed by atoms with Gasteiger partial charge < -0.3 is 10.0 Å². The molecule has 0 bridgehead atoms. The van der Waals surface area contributed by atoms with Gasteiger partial charge in [0.25, 0.3) is 5.91 Å². The highest BCUT2D eigenvalue weighted by Crippen LogP contribution is 2.23. The van der Waals surface area contributed by atoms with Gasteiger partial charge in [-0.1, -0.05) is 0 Å². The molecule has 0 aliphatic carbocycles. The summed E-state index contributed by atoms with van der Waals surface area (Å²) in [5, 5.41) is 8.71. The molecule has 0 spiro atoms. The van der Waals surface area contributed by atoms with Gasteiger partial charge in [0.2, 0.25) is 0 Å². The fourth-order valence-electron chi connectivity index (χ4n) is 2.15. The first-order valence-corrected chi connectivity index (χ1v) is 7.22. The number of amides is 1. The van der Waals surface area contributed by atoms with Crippen molar-refractivity contribution in [2.75, 3.05) is 13.6 Å². The van der Waals surface area contributed by atoms with Crippen LogP contribution < -0.4 is 0 Å². The number of aromatic nitrogens is 2. The highest BCUT2D eigenvalue weighted by molar-refractivity contribution is 9.10. The molecule has 0 aliphatic heterocycles. The normalized spacial score (nSPS) is 10.9. The minimum Gasteiger partial charge on any atom is -0.481 e. The van der Waals surface area contributed by atoms with Crippen molar-refractivity contribution in [1.82, 2.24) is 14.3 Å². The largest absolute Gasteiger partial charge is 0.481 e. The smallest absolute Gasteiger partial charge is 0.305 e. The lowest BCUT2D eigenvalue weighted by atomic mass is 10.2. The molecule has 0 saturated carbocycles. The molecule has 2 rings (SSSR count). The Bertz CT molecular complexity index is 724. The standard InChI is InChI=1S/C14H16BrN3O3/c1-8-6-10(15)13-16-9(2)12(18(13)7-8)14(21)17(3)5-4-11(19)20/h6-7H,4-5H2,1-3H3,(H,19,20). The van der Waals surface area contributed by atoms with E-state index in [1.165, 1.54) is 4.90 Å². The molecule has 0 unspecified atom stereocenters. The maximum Gasteiger partial charge on any atom is 0.305 e. The number of pyridine rings is 1. The van der Waals surface area contributed by atoms with Crippen LogP contribution in [0.1, 0.15) is 28.2 Å². The number of aryl methyl sites for hydroxylation is 2. The summed E-state index contributed by atoms with van der Waals surface area (Å²) in [5.41, 5.74) is 2.75. The van der Waals surface area contributed by atoms with E-state index in [4.69, 9.17) is 5.11 Å². The Labute approximate surface area is 130 Å². The Morgan fingerprint density at radius 1 is 1.43 bits per heavy atom. The number of imidazole rings is 1. The van der Waals surface area contributed by atoms with E-state index in [0.29, 0.717) is 17.0 Å². The van der Waals surface area contributed by atoms with Crippen LogP contribution in [-0.2, 0) is 4.79 Å². The fourth-order valence-corrected chi connectivity index (χ4v) is 2.79.